The van der Waals surface area contributed by atoms with Gasteiger partial charge in [-0.05, 0) is 38.0 Å². The number of amides is 1. The molecule has 2 aromatic rings. The molecule has 0 bridgehead atoms. The Balaban J connectivity index is 1.90. The molecule has 0 saturated carbocycles. The Bertz CT molecular complexity index is 709. The zero-order chi connectivity index (χ0) is 15.7. The Morgan fingerprint density at radius 1 is 1.27 bits per heavy atom. The van der Waals surface area contributed by atoms with Gasteiger partial charge >= 0.3 is 5.97 Å². The van der Waals surface area contributed by atoms with Crippen LogP contribution in [0.1, 0.15) is 29.0 Å². The number of aryl methyl sites for hydroxylation is 1. The van der Waals surface area contributed by atoms with E-state index in [0.717, 1.165) is 11.4 Å². The summed E-state index contributed by atoms with van der Waals surface area (Å²) in [6.45, 7) is 2.34. The van der Waals surface area contributed by atoms with Gasteiger partial charge < -0.3 is 10.0 Å². The fourth-order valence-electron chi connectivity index (χ4n) is 2.82. The van der Waals surface area contributed by atoms with E-state index >= 15 is 0 Å². The maximum atomic E-state index is 12.5. The third-order valence-corrected chi connectivity index (χ3v) is 3.91. The van der Waals surface area contributed by atoms with Crippen LogP contribution in [0.5, 0.6) is 0 Å². The zero-order valence-electron chi connectivity index (χ0n) is 12.3. The molecule has 0 spiro atoms. The topological polar surface area (TPSA) is 75.4 Å². The lowest BCUT2D eigenvalue weighted by Crippen LogP contribution is -2.40. The molecule has 0 unspecified atom stereocenters. The molecule has 1 aliphatic heterocycles. The molecule has 1 aliphatic rings. The largest absolute Gasteiger partial charge is 0.480 e. The van der Waals surface area contributed by atoms with Gasteiger partial charge in [-0.15, -0.1) is 0 Å². The molecular weight excluding hydrogens is 282 g/mol. The van der Waals surface area contributed by atoms with Gasteiger partial charge in [0.25, 0.3) is 5.91 Å². The summed E-state index contributed by atoms with van der Waals surface area (Å²) in [5.41, 5.74) is 1.99. The molecular formula is C16H17N3O3. The second kappa shape index (κ2) is 5.63. The fraction of sp³-hybridized carbons (Fsp3) is 0.312. The zero-order valence-corrected chi connectivity index (χ0v) is 12.3. The van der Waals surface area contributed by atoms with Gasteiger partial charge in [-0.1, -0.05) is 18.2 Å². The van der Waals surface area contributed by atoms with E-state index in [9.17, 15) is 14.7 Å². The first-order valence-electron chi connectivity index (χ1n) is 7.24. The minimum Gasteiger partial charge on any atom is -0.480 e. The van der Waals surface area contributed by atoms with Crippen LogP contribution in [0.3, 0.4) is 0 Å². The minimum atomic E-state index is -0.954. The maximum absolute atomic E-state index is 12.5. The van der Waals surface area contributed by atoms with Crippen LogP contribution in [0.2, 0.25) is 0 Å². The second-order valence-electron chi connectivity index (χ2n) is 5.41. The summed E-state index contributed by atoms with van der Waals surface area (Å²) in [7, 11) is 0. The van der Waals surface area contributed by atoms with E-state index in [1.165, 1.54) is 4.90 Å². The molecule has 1 saturated heterocycles. The monoisotopic (exact) mass is 299 g/mol. The maximum Gasteiger partial charge on any atom is 0.326 e. The molecule has 6 nitrogen and oxygen atoms in total. The Kier molecular flexibility index (Phi) is 3.66. The van der Waals surface area contributed by atoms with Gasteiger partial charge in [0, 0.05) is 12.2 Å². The third-order valence-electron chi connectivity index (χ3n) is 3.91. The van der Waals surface area contributed by atoms with Crippen molar-refractivity contribution < 1.29 is 14.7 Å². The van der Waals surface area contributed by atoms with E-state index in [0.29, 0.717) is 19.4 Å². The number of nitrogens with zero attached hydrogens (tertiary/aromatic N) is 3. The predicted molar refractivity (Wildman–Crippen MR) is 80.0 cm³/mol. The van der Waals surface area contributed by atoms with Crippen LogP contribution in [0.4, 0.5) is 0 Å². The van der Waals surface area contributed by atoms with Crippen molar-refractivity contribution in [1.82, 2.24) is 14.7 Å². The van der Waals surface area contributed by atoms with Gasteiger partial charge in [0.05, 0.1) is 5.69 Å². The average molecular weight is 299 g/mol. The van der Waals surface area contributed by atoms with Crippen molar-refractivity contribution in [3.63, 3.8) is 0 Å². The summed E-state index contributed by atoms with van der Waals surface area (Å²) >= 11 is 0. The van der Waals surface area contributed by atoms with Crippen molar-refractivity contribution in [1.29, 1.82) is 0 Å². The molecule has 1 fully saturated rings. The quantitative estimate of drug-likeness (QED) is 0.938. The highest BCUT2D eigenvalue weighted by Gasteiger charge is 2.35. The first-order chi connectivity index (χ1) is 10.6. The first-order valence-corrected chi connectivity index (χ1v) is 7.24. The highest BCUT2D eigenvalue weighted by atomic mass is 16.4. The van der Waals surface area contributed by atoms with Crippen molar-refractivity contribution in [2.45, 2.75) is 25.8 Å². The van der Waals surface area contributed by atoms with Crippen LogP contribution in [0.25, 0.3) is 5.69 Å². The van der Waals surface area contributed by atoms with Crippen LogP contribution in [-0.4, -0.2) is 44.3 Å². The Morgan fingerprint density at radius 3 is 2.68 bits per heavy atom. The summed E-state index contributed by atoms with van der Waals surface area (Å²) in [6.07, 6.45) is 1.21. The molecule has 1 aromatic carbocycles. The number of para-hydroxylation sites is 1. The van der Waals surface area contributed by atoms with E-state index < -0.39 is 12.0 Å². The van der Waals surface area contributed by atoms with Gasteiger partial charge in [-0.2, -0.15) is 5.10 Å². The van der Waals surface area contributed by atoms with Gasteiger partial charge in [0.15, 0.2) is 5.69 Å². The van der Waals surface area contributed by atoms with Gasteiger partial charge in [0.2, 0.25) is 0 Å². The van der Waals surface area contributed by atoms with Crippen molar-refractivity contribution in [3.05, 3.63) is 47.8 Å². The van der Waals surface area contributed by atoms with Crippen LogP contribution in [0.15, 0.2) is 36.4 Å². The Labute approximate surface area is 128 Å². The number of benzene rings is 1. The number of carbonyl (C=O) groups is 2. The summed E-state index contributed by atoms with van der Waals surface area (Å²) in [5, 5.41) is 13.5. The number of carboxylic acid groups (broad SMARTS) is 1. The smallest absolute Gasteiger partial charge is 0.326 e. The molecule has 1 amide bonds. The van der Waals surface area contributed by atoms with Crippen LogP contribution in [0, 0.1) is 6.92 Å². The second-order valence-corrected chi connectivity index (χ2v) is 5.41. The lowest BCUT2D eigenvalue weighted by atomic mass is 10.2. The minimum absolute atomic E-state index is 0.287. The Morgan fingerprint density at radius 2 is 2.00 bits per heavy atom. The molecule has 3 rings (SSSR count). The number of aromatic nitrogens is 2. The fourth-order valence-corrected chi connectivity index (χ4v) is 2.82. The number of rotatable bonds is 3. The molecule has 1 N–H and O–H groups in total. The Hall–Kier alpha value is -2.63. The summed E-state index contributed by atoms with van der Waals surface area (Å²) < 4.78 is 1.69. The summed E-state index contributed by atoms with van der Waals surface area (Å²) in [4.78, 5) is 25.2. The number of hydrogen-bond donors (Lipinski definition) is 1. The van der Waals surface area contributed by atoms with E-state index in [1.807, 2.05) is 37.3 Å². The molecule has 2 heterocycles. The molecule has 6 heteroatoms. The number of carboxylic acids is 1. The number of aliphatic carboxylic acids is 1. The van der Waals surface area contributed by atoms with Crippen molar-refractivity contribution in [3.8, 4) is 5.69 Å². The predicted octanol–water partition coefficient (Wildman–Crippen LogP) is 1.87. The van der Waals surface area contributed by atoms with E-state index in [4.69, 9.17) is 0 Å². The summed E-state index contributed by atoms with van der Waals surface area (Å²) in [6, 6.07) is 10.5. The van der Waals surface area contributed by atoms with Crippen LogP contribution in [-0.2, 0) is 4.79 Å². The highest BCUT2D eigenvalue weighted by Crippen LogP contribution is 2.21. The molecule has 114 valence electrons. The van der Waals surface area contributed by atoms with Crippen molar-refractivity contribution in [2.24, 2.45) is 0 Å². The van der Waals surface area contributed by atoms with E-state index in [1.54, 1.807) is 10.7 Å². The van der Waals surface area contributed by atoms with Crippen LogP contribution < -0.4 is 0 Å². The molecule has 0 radical (unpaired) electrons. The molecule has 22 heavy (non-hydrogen) atoms. The number of hydrogen-bond acceptors (Lipinski definition) is 3. The standard InChI is InChI=1S/C16H17N3O3/c1-11-10-13(17-19(11)12-6-3-2-4-7-12)15(20)18-9-5-8-14(18)16(21)22/h2-4,6-7,10,14H,5,8-9H2,1H3,(H,21,22)/t14-/m0/s1. The van der Waals surface area contributed by atoms with Gasteiger partial charge in [0.1, 0.15) is 6.04 Å². The van der Waals surface area contributed by atoms with Crippen LogP contribution >= 0.6 is 0 Å². The third kappa shape index (κ3) is 2.47. The SMILES string of the molecule is Cc1cc(C(=O)N2CCC[C@H]2C(=O)O)nn1-c1ccccc1. The highest BCUT2D eigenvalue weighted by molar-refractivity contribution is 5.95. The van der Waals surface area contributed by atoms with Crippen molar-refractivity contribution in [2.75, 3.05) is 6.54 Å². The molecule has 1 atom stereocenters. The van der Waals surface area contributed by atoms with E-state index in [-0.39, 0.29) is 11.6 Å². The van der Waals surface area contributed by atoms with E-state index in [2.05, 4.69) is 5.10 Å². The number of carbonyl (C=O) groups excluding carboxylic acids is 1. The summed E-state index contributed by atoms with van der Waals surface area (Å²) in [5.74, 6) is -1.27. The van der Waals surface area contributed by atoms with Gasteiger partial charge in [-0.25, -0.2) is 9.48 Å². The molecule has 1 aromatic heterocycles. The number of likely N-dealkylation sites (tertiary alicyclic amines) is 1. The average Bonchev–Trinajstić information content (AvgIpc) is 3.14. The normalized spacial score (nSPS) is 17.7. The lowest BCUT2D eigenvalue weighted by molar-refractivity contribution is -0.141. The van der Waals surface area contributed by atoms with Crippen molar-refractivity contribution >= 4 is 11.9 Å². The van der Waals surface area contributed by atoms with Gasteiger partial charge in [-0.3, -0.25) is 4.79 Å². The molecule has 0 aliphatic carbocycles. The first kappa shape index (κ1) is 14.3. The lowest BCUT2D eigenvalue weighted by Gasteiger charge is -2.20.